The molecule has 0 amide bonds. The van der Waals surface area contributed by atoms with Gasteiger partial charge < -0.3 is 14.6 Å². The van der Waals surface area contributed by atoms with Crippen LogP contribution in [0.3, 0.4) is 0 Å². The van der Waals surface area contributed by atoms with Gasteiger partial charge >= 0.3 is 17.9 Å². The number of carbonyl (C=O) groups is 3. The summed E-state index contributed by atoms with van der Waals surface area (Å²) in [6.07, 6.45) is 1.54. The van der Waals surface area contributed by atoms with E-state index in [4.69, 9.17) is 9.47 Å². The molecule has 0 fully saturated rings. The lowest BCUT2D eigenvalue weighted by molar-refractivity contribution is -0.155. The molecule has 2 aliphatic rings. The number of carboxylic acids is 1. The lowest BCUT2D eigenvalue weighted by atomic mass is 9.79. The molecule has 0 unspecified atom stereocenters. The van der Waals surface area contributed by atoms with Gasteiger partial charge in [-0.1, -0.05) is 97.1 Å². The molecule has 1 N–H and O–H groups in total. The molecular weight excluding hydrogens is 673 g/mol. The summed E-state index contributed by atoms with van der Waals surface area (Å²) in [6.45, 7) is 11.3. The molecule has 0 radical (unpaired) electrons. The molecule has 274 valence electrons. The van der Waals surface area contributed by atoms with Gasteiger partial charge in [-0.3, -0.25) is 9.59 Å². The van der Waals surface area contributed by atoms with E-state index in [0.717, 1.165) is 50.1 Å². The largest absolute Gasteiger partial charge is 0.478 e. The van der Waals surface area contributed by atoms with Crippen molar-refractivity contribution in [3.63, 3.8) is 0 Å². The Bertz CT molecular complexity index is 2180. The van der Waals surface area contributed by atoms with E-state index in [1.54, 1.807) is 12.1 Å². The van der Waals surface area contributed by atoms with Crippen LogP contribution in [-0.4, -0.2) is 34.2 Å². The Kier molecular flexibility index (Phi) is 9.65. The first kappa shape index (κ1) is 36.6. The molecule has 0 aromatic heterocycles. The summed E-state index contributed by atoms with van der Waals surface area (Å²) in [5, 5.41) is 9.85. The molecule has 5 aromatic carbocycles. The number of aryl methyl sites for hydroxylation is 2. The zero-order valence-corrected chi connectivity index (χ0v) is 31.8. The summed E-state index contributed by atoms with van der Waals surface area (Å²) in [7, 11) is 0. The summed E-state index contributed by atoms with van der Waals surface area (Å²) < 4.78 is 11.3. The predicted molar refractivity (Wildman–Crippen MR) is 213 cm³/mol. The molecule has 0 saturated carbocycles. The monoisotopic (exact) mass is 718 g/mol. The highest BCUT2D eigenvalue weighted by Crippen LogP contribution is 2.57. The van der Waals surface area contributed by atoms with Crippen molar-refractivity contribution < 1.29 is 29.0 Å². The maximum Gasteiger partial charge on any atom is 0.335 e. The smallest absolute Gasteiger partial charge is 0.335 e. The van der Waals surface area contributed by atoms with Gasteiger partial charge in [0.2, 0.25) is 0 Å². The van der Waals surface area contributed by atoms with Crippen LogP contribution >= 0.6 is 0 Å². The Hall–Kier alpha value is -5.75. The molecule has 7 rings (SSSR count). The van der Waals surface area contributed by atoms with E-state index < -0.39 is 17.2 Å². The molecule has 0 spiro atoms. The first-order valence-corrected chi connectivity index (χ1v) is 18.6. The van der Waals surface area contributed by atoms with Crippen molar-refractivity contribution in [3.8, 4) is 22.3 Å². The van der Waals surface area contributed by atoms with Crippen LogP contribution in [-0.2, 0) is 31.9 Å². The molecule has 6 nitrogen and oxygen atoms in total. The highest BCUT2D eigenvalue weighted by molar-refractivity contribution is 6.13. The predicted octanol–water partition coefficient (Wildman–Crippen LogP) is 10.7. The lowest BCUT2D eigenvalue weighted by Gasteiger charge is -2.23. The number of hydrogen-bond acceptors (Lipinski definition) is 5. The van der Waals surface area contributed by atoms with Gasteiger partial charge in [0.1, 0.15) is 11.2 Å². The normalized spacial score (nSPS) is 13.1. The van der Waals surface area contributed by atoms with Crippen molar-refractivity contribution in [2.24, 2.45) is 0 Å². The van der Waals surface area contributed by atoms with Gasteiger partial charge in [-0.05, 0) is 139 Å². The molecular formula is C48H46O6. The maximum atomic E-state index is 12.8. The Balaban J connectivity index is 1.44. The Morgan fingerprint density at radius 3 is 1.39 bits per heavy atom. The number of ether oxygens (including phenoxy) is 2. The van der Waals surface area contributed by atoms with E-state index in [2.05, 4.69) is 84.9 Å². The van der Waals surface area contributed by atoms with Crippen LogP contribution in [0.4, 0.5) is 0 Å². The van der Waals surface area contributed by atoms with Gasteiger partial charge in [-0.15, -0.1) is 0 Å². The maximum absolute atomic E-state index is 12.8. The first-order valence-electron chi connectivity index (χ1n) is 18.6. The number of rotatable bonds is 9. The van der Waals surface area contributed by atoms with E-state index in [0.29, 0.717) is 12.8 Å². The van der Waals surface area contributed by atoms with Gasteiger partial charge in [0.05, 0.1) is 5.56 Å². The number of aromatic carboxylic acids is 1. The zero-order valence-electron chi connectivity index (χ0n) is 31.8. The topological polar surface area (TPSA) is 89.9 Å². The summed E-state index contributed by atoms with van der Waals surface area (Å²) in [5.41, 5.74) is 13.1. The highest BCUT2D eigenvalue weighted by atomic mass is 16.6. The Morgan fingerprint density at radius 1 is 0.537 bits per heavy atom. The van der Waals surface area contributed by atoms with Gasteiger partial charge in [-0.2, -0.15) is 0 Å². The molecule has 0 heterocycles. The molecule has 6 heteroatoms. The minimum Gasteiger partial charge on any atom is -0.478 e. The average Bonchev–Trinajstić information content (AvgIpc) is 3.61. The fraction of sp³-hybridized carbons (Fsp3) is 0.271. The SMILES string of the molecule is CC(C)(C)OC(=O)CCc1ccc2c(c1)C(=C(c1ccc(C(=O)O)cc1)C1c3ccccc3-c3ccccc31)c1cc(CCC(=O)OC(C)(C)C)ccc1-2. The van der Waals surface area contributed by atoms with E-state index in [1.165, 1.54) is 22.3 Å². The van der Waals surface area contributed by atoms with E-state index in [1.807, 2.05) is 53.7 Å². The number of carboxylic acid groups (broad SMARTS) is 1. The number of esters is 2. The quantitative estimate of drug-likeness (QED) is 0.150. The third kappa shape index (κ3) is 7.52. The second-order valence-corrected chi connectivity index (χ2v) is 16.2. The van der Waals surface area contributed by atoms with Gasteiger partial charge in [0, 0.05) is 18.8 Å². The van der Waals surface area contributed by atoms with Gasteiger partial charge in [-0.25, -0.2) is 4.79 Å². The molecule has 0 atom stereocenters. The van der Waals surface area contributed by atoms with Gasteiger partial charge in [0.15, 0.2) is 0 Å². The molecule has 54 heavy (non-hydrogen) atoms. The fourth-order valence-corrected chi connectivity index (χ4v) is 7.80. The van der Waals surface area contributed by atoms with Crippen LogP contribution in [0.25, 0.3) is 33.4 Å². The summed E-state index contributed by atoms with van der Waals surface area (Å²) >= 11 is 0. The van der Waals surface area contributed by atoms with E-state index >= 15 is 0 Å². The molecule has 2 aliphatic carbocycles. The van der Waals surface area contributed by atoms with Crippen molar-refractivity contribution in [1.29, 1.82) is 0 Å². The minimum absolute atomic E-state index is 0.155. The van der Waals surface area contributed by atoms with Crippen LogP contribution in [0.1, 0.15) is 110 Å². The Labute approximate surface area is 317 Å². The van der Waals surface area contributed by atoms with Crippen molar-refractivity contribution in [1.82, 2.24) is 0 Å². The van der Waals surface area contributed by atoms with Crippen LogP contribution in [0.15, 0.2) is 109 Å². The number of carbonyl (C=O) groups excluding carboxylic acids is 2. The third-order valence-corrected chi connectivity index (χ3v) is 9.91. The summed E-state index contributed by atoms with van der Waals surface area (Å²) in [6, 6.07) is 37.1. The lowest BCUT2D eigenvalue weighted by Crippen LogP contribution is -2.24. The standard InChI is InChI=1S/C48H46O6/c1-47(2,3)53-41(49)25-17-29-15-23-35-36-24-16-30(18-26-42(50)54-48(4,5)6)28-40(36)45(39(35)27-29)43(31-19-21-32(22-20-31)46(51)52)44-37-13-9-7-11-33(37)34-12-8-10-14-38(34)44/h7-16,19-24,27-28,44H,17-18,25-26H2,1-6H3,(H,51,52). The highest BCUT2D eigenvalue weighted by Gasteiger charge is 2.37. The molecule has 5 aromatic rings. The summed E-state index contributed by atoms with van der Waals surface area (Å²) in [4.78, 5) is 37.6. The number of hydrogen-bond donors (Lipinski definition) is 1. The molecule has 0 saturated heterocycles. The zero-order chi connectivity index (χ0) is 38.4. The fourth-order valence-electron chi connectivity index (χ4n) is 7.80. The number of benzene rings is 5. The minimum atomic E-state index is -0.979. The van der Waals surface area contributed by atoms with Crippen LogP contribution in [0.5, 0.6) is 0 Å². The van der Waals surface area contributed by atoms with E-state index in [9.17, 15) is 19.5 Å². The summed E-state index contributed by atoms with van der Waals surface area (Å²) in [5.74, 6) is -1.61. The van der Waals surface area contributed by atoms with Crippen molar-refractivity contribution >= 4 is 29.1 Å². The number of fused-ring (bicyclic) bond motifs is 6. The van der Waals surface area contributed by atoms with Crippen LogP contribution in [0.2, 0.25) is 0 Å². The van der Waals surface area contributed by atoms with Crippen molar-refractivity contribution in [3.05, 3.63) is 154 Å². The second kappa shape index (κ2) is 14.2. The van der Waals surface area contributed by atoms with E-state index in [-0.39, 0.29) is 36.3 Å². The van der Waals surface area contributed by atoms with Crippen molar-refractivity contribution in [2.45, 2.75) is 84.3 Å². The number of allylic oxidation sites excluding steroid dienone is 1. The average molecular weight is 719 g/mol. The second-order valence-electron chi connectivity index (χ2n) is 16.2. The van der Waals surface area contributed by atoms with Crippen molar-refractivity contribution in [2.75, 3.05) is 0 Å². The molecule has 0 aliphatic heterocycles. The van der Waals surface area contributed by atoms with Crippen LogP contribution < -0.4 is 0 Å². The molecule has 0 bridgehead atoms. The third-order valence-electron chi connectivity index (χ3n) is 9.91. The van der Waals surface area contributed by atoms with Crippen LogP contribution in [0, 0.1) is 0 Å². The Morgan fingerprint density at radius 2 is 0.963 bits per heavy atom. The van der Waals surface area contributed by atoms with Gasteiger partial charge in [0.25, 0.3) is 0 Å². The first-order chi connectivity index (χ1) is 25.7.